The molecule has 144 valence electrons. The second kappa shape index (κ2) is 7.82. The van der Waals surface area contributed by atoms with Gasteiger partial charge < -0.3 is 24.8 Å². The van der Waals surface area contributed by atoms with Crippen molar-refractivity contribution in [1.29, 1.82) is 0 Å². The van der Waals surface area contributed by atoms with Crippen molar-refractivity contribution in [3.05, 3.63) is 58.7 Å². The van der Waals surface area contributed by atoms with E-state index in [0.717, 1.165) is 28.3 Å². The zero-order chi connectivity index (χ0) is 19.5. The molecule has 0 saturated carbocycles. The van der Waals surface area contributed by atoms with Crippen LogP contribution in [0.2, 0.25) is 5.02 Å². The lowest BCUT2D eigenvalue weighted by Gasteiger charge is -2.13. The number of halogens is 1. The van der Waals surface area contributed by atoms with Crippen molar-refractivity contribution in [2.24, 2.45) is 0 Å². The van der Waals surface area contributed by atoms with E-state index in [4.69, 9.17) is 25.8 Å². The molecular weight excluding hydrogens is 380 g/mol. The summed E-state index contributed by atoms with van der Waals surface area (Å²) in [4.78, 5) is 8.78. The van der Waals surface area contributed by atoms with E-state index >= 15 is 0 Å². The number of fused-ring (bicyclic) bond motifs is 1. The number of benzene rings is 2. The summed E-state index contributed by atoms with van der Waals surface area (Å²) in [7, 11) is 1.60. The highest BCUT2D eigenvalue weighted by Crippen LogP contribution is 2.33. The number of aromatic nitrogens is 2. The molecule has 1 aliphatic rings. The maximum Gasteiger partial charge on any atom is 0.231 e. The number of hydrogen-bond acceptors (Lipinski definition) is 7. The molecule has 0 spiro atoms. The fraction of sp³-hybridized carbons (Fsp3) is 0.200. The summed E-state index contributed by atoms with van der Waals surface area (Å²) in [6, 6.07) is 11.3. The van der Waals surface area contributed by atoms with E-state index in [2.05, 4.69) is 20.6 Å². The highest BCUT2D eigenvalue weighted by atomic mass is 35.5. The first-order valence-corrected chi connectivity index (χ1v) is 9.07. The fourth-order valence-corrected chi connectivity index (χ4v) is 2.97. The number of nitrogens with one attached hydrogen (secondary N) is 2. The van der Waals surface area contributed by atoms with Crippen LogP contribution < -0.4 is 24.8 Å². The molecule has 1 aromatic heterocycles. The normalized spacial score (nSPS) is 12.0. The van der Waals surface area contributed by atoms with Gasteiger partial charge in [-0.3, -0.25) is 0 Å². The molecule has 0 radical (unpaired) electrons. The first-order chi connectivity index (χ1) is 13.6. The van der Waals surface area contributed by atoms with Gasteiger partial charge in [-0.25, -0.2) is 4.98 Å². The molecule has 8 heteroatoms. The number of anilines is 3. The fourth-order valence-electron chi connectivity index (χ4n) is 2.81. The van der Waals surface area contributed by atoms with Gasteiger partial charge in [-0.05, 0) is 42.3 Å². The number of ether oxygens (including phenoxy) is 3. The highest BCUT2D eigenvalue weighted by Gasteiger charge is 2.13. The molecule has 0 saturated heterocycles. The Kier molecular flexibility index (Phi) is 5.08. The van der Waals surface area contributed by atoms with E-state index in [9.17, 15) is 0 Å². The quantitative estimate of drug-likeness (QED) is 0.631. The van der Waals surface area contributed by atoms with Gasteiger partial charge in [0.25, 0.3) is 0 Å². The molecular formula is C20H19ClN4O3. The Morgan fingerprint density at radius 1 is 1.14 bits per heavy atom. The largest absolute Gasteiger partial charge is 0.495 e. The molecule has 2 N–H and O–H groups in total. The molecule has 7 nitrogen and oxygen atoms in total. The molecule has 0 amide bonds. The van der Waals surface area contributed by atoms with Crippen molar-refractivity contribution in [1.82, 2.24) is 9.97 Å². The van der Waals surface area contributed by atoms with Gasteiger partial charge in [0.1, 0.15) is 11.6 Å². The molecule has 2 aromatic carbocycles. The first kappa shape index (κ1) is 18.2. The Labute approximate surface area is 167 Å². The summed E-state index contributed by atoms with van der Waals surface area (Å²) in [5.41, 5.74) is 2.77. The van der Waals surface area contributed by atoms with Crippen LogP contribution in [0.3, 0.4) is 0 Å². The van der Waals surface area contributed by atoms with Crippen LogP contribution in [0, 0.1) is 6.92 Å². The van der Waals surface area contributed by atoms with Crippen molar-refractivity contribution in [2.45, 2.75) is 13.5 Å². The lowest BCUT2D eigenvalue weighted by atomic mass is 10.2. The van der Waals surface area contributed by atoms with Crippen molar-refractivity contribution in [2.75, 3.05) is 24.5 Å². The minimum Gasteiger partial charge on any atom is -0.495 e. The van der Waals surface area contributed by atoms with Gasteiger partial charge in [0.05, 0.1) is 12.8 Å². The van der Waals surface area contributed by atoms with E-state index < -0.39 is 0 Å². The number of aryl methyl sites for hydroxylation is 1. The topological polar surface area (TPSA) is 77.5 Å². The summed E-state index contributed by atoms with van der Waals surface area (Å²) in [5, 5.41) is 7.12. The van der Waals surface area contributed by atoms with Crippen LogP contribution in [0.1, 0.15) is 11.1 Å². The predicted octanol–water partition coefficient (Wildman–Crippen LogP) is 4.53. The van der Waals surface area contributed by atoms with Crippen LogP contribution in [0.5, 0.6) is 17.2 Å². The Bertz CT molecular complexity index is 1010. The minimum absolute atomic E-state index is 0.261. The molecule has 0 fully saturated rings. The van der Waals surface area contributed by atoms with Crippen molar-refractivity contribution < 1.29 is 14.2 Å². The van der Waals surface area contributed by atoms with Gasteiger partial charge in [-0.2, -0.15) is 4.98 Å². The van der Waals surface area contributed by atoms with Gasteiger partial charge in [0, 0.05) is 23.8 Å². The van der Waals surface area contributed by atoms with Gasteiger partial charge >= 0.3 is 0 Å². The number of nitrogens with zero attached hydrogens (tertiary/aromatic N) is 2. The predicted molar refractivity (Wildman–Crippen MR) is 108 cm³/mol. The maximum absolute atomic E-state index is 6.17. The first-order valence-electron chi connectivity index (χ1n) is 8.69. The zero-order valence-electron chi connectivity index (χ0n) is 15.5. The Morgan fingerprint density at radius 2 is 2.00 bits per heavy atom. The minimum atomic E-state index is 0.261. The molecule has 0 atom stereocenters. The van der Waals surface area contributed by atoms with Gasteiger partial charge in [-0.1, -0.05) is 17.7 Å². The van der Waals surface area contributed by atoms with Crippen LogP contribution in [-0.4, -0.2) is 23.9 Å². The van der Waals surface area contributed by atoms with Crippen molar-refractivity contribution in [3.8, 4) is 17.2 Å². The van der Waals surface area contributed by atoms with Crippen LogP contribution >= 0.6 is 11.6 Å². The van der Waals surface area contributed by atoms with E-state index in [1.54, 1.807) is 25.4 Å². The van der Waals surface area contributed by atoms with E-state index in [-0.39, 0.29) is 6.79 Å². The number of rotatable bonds is 6. The molecule has 0 aliphatic carbocycles. The van der Waals surface area contributed by atoms with Crippen LogP contribution in [0.25, 0.3) is 0 Å². The summed E-state index contributed by atoms with van der Waals surface area (Å²) < 4.78 is 16.1. The highest BCUT2D eigenvalue weighted by molar-refractivity contribution is 6.31. The third kappa shape index (κ3) is 3.89. The second-order valence-corrected chi connectivity index (χ2v) is 6.64. The molecule has 0 unspecified atom stereocenters. The smallest absolute Gasteiger partial charge is 0.231 e. The summed E-state index contributed by atoms with van der Waals surface area (Å²) in [6.45, 7) is 2.76. The summed E-state index contributed by atoms with van der Waals surface area (Å²) in [5.74, 6) is 3.30. The third-order valence-electron chi connectivity index (χ3n) is 4.29. The van der Waals surface area contributed by atoms with Crippen molar-refractivity contribution >= 4 is 29.1 Å². The lowest BCUT2D eigenvalue weighted by Crippen LogP contribution is -2.05. The zero-order valence-corrected chi connectivity index (χ0v) is 16.2. The Morgan fingerprint density at radius 3 is 2.86 bits per heavy atom. The average Bonchev–Trinajstić information content (AvgIpc) is 3.17. The van der Waals surface area contributed by atoms with Gasteiger partial charge in [0.2, 0.25) is 12.7 Å². The maximum atomic E-state index is 6.17. The Balaban J connectivity index is 1.47. The van der Waals surface area contributed by atoms with Crippen molar-refractivity contribution in [3.63, 3.8) is 0 Å². The van der Waals surface area contributed by atoms with E-state index in [1.807, 2.05) is 31.2 Å². The van der Waals surface area contributed by atoms with Gasteiger partial charge in [0.15, 0.2) is 11.5 Å². The summed E-state index contributed by atoms with van der Waals surface area (Å²) >= 11 is 6.17. The molecule has 4 rings (SSSR count). The Hall–Kier alpha value is -3.19. The van der Waals surface area contributed by atoms with Crippen LogP contribution in [-0.2, 0) is 6.54 Å². The SMILES string of the molecule is COc1cc(Cl)c(C)cc1Nc1ccnc(NCc2ccc3c(c2)OCO3)n1. The molecule has 0 bridgehead atoms. The second-order valence-electron chi connectivity index (χ2n) is 6.23. The molecule has 1 aliphatic heterocycles. The average molecular weight is 399 g/mol. The summed E-state index contributed by atoms with van der Waals surface area (Å²) in [6.07, 6.45) is 1.69. The van der Waals surface area contributed by atoms with E-state index in [1.165, 1.54) is 0 Å². The number of hydrogen-bond donors (Lipinski definition) is 2. The lowest BCUT2D eigenvalue weighted by molar-refractivity contribution is 0.174. The van der Waals surface area contributed by atoms with Crippen LogP contribution in [0.15, 0.2) is 42.6 Å². The standard InChI is InChI=1S/C20H19ClN4O3/c1-12-7-15(17(26-2)9-14(12)21)24-19-5-6-22-20(25-19)23-10-13-3-4-16-18(8-13)28-11-27-16/h3-9H,10-11H2,1-2H3,(H2,22,23,24,25). The molecule has 28 heavy (non-hydrogen) atoms. The molecule has 3 aromatic rings. The number of methoxy groups -OCH3 is 1. The van der Waals surface area contributed by atoms with Crippen LogP contribution in [0.4, 0.5) is 17.5 Å². The van der Waals surface area contributed by atoms with E-state index in [0.29, 0.717) is 29.1 Å². The van der Waals surface area contributed by atoms with Gasteiger partial charge in [-0.15, -0.1) is 0 Å². The monoisotopic (exact) mass is 398 g/mol. The molecule has 2 heterocycles. The third-order valence-corrected chi connectivity index (χ3v) is 4.69.